The highest BCUT2D eigenvalue weighted by molar-refractivity contribution is 7.99. The third kappa shape index (κ3) is 6.41. The summed E-state index contributed by atoms with van der Waals surface area (Å²) in [6.45, 7) is 5.85. The summed E-state index contributed by atoms with van der Waals surface area (Å²) in [5.74, 6) is 1.36. The Bertz CT molecular complexity index is 320. The van der Waals surface area contributed by atoms with Crippen molar-refractivity contribution in [2.24, 2.45) is 0 Å². The molecular weight excluding hydrogens is 268 g/mol. The summed E-state index contributed by atoms with van der Waals surface area (Å²) in [4.78, 5) is 0. The van der Waals surface area contributed by atoms with Gasteiger partial charge in [-0.2, -0.15) is 11.8 Å². The van der Waals surface area contributed by atoms with Crippen molar-refractivity contribution in [1.29, 1.82) is 0 Å². The van der Waals surface area contributed by atoms with E-state index in [0.717, 1.165) is 38.1 Å². The number of hydrogen-bond donors (Lipinski definition) is 2. The Kier molecular flexibility index (Phi) is 7.60. The summed E-state index contributed by atoms with van der Waals surface area (Å²) in [5.41, 5.74) is 0. The lowest BCUT2D eigenvalue weighted by Crippen LogP contribution is -2.35. The molecule has 4 nitrogen and oxygen atoms in total. The van der Waals surface area contributed by atoms with Crippen molar-refractivity contribution in [3.8, 4) is 0 Å². The van der Waals surface area contributed by atoms with Gasteiger partial charge in [-0.25, -0.2) is 13.1 Å². The van der Waals surface area contributed by atoms with Gasteiger partial charge in [-0.05, 0) is 44.5 Å². The highest BCUT2D eigenvalue weighted by Gasteiger charge is 2.27. The highest BCUT2D eigenvalue weighted by Crippen LogP contribution is 2.29. The lowest BCUT2D eigenvalue weighted by molar-refractivity contribution is 0.548. The second-order valence-corrected chi connectivity index (χ2v) is 8.18. The van der Waals surface area contributed by atoms with Crippen LogP contribution in [-0.4, -0.2) is 44.3 Å². The average Bonchev–Trinajstić information content (AvgIpc) is 2.72. The molecule has 2 unspecified atom stereocenters. The zero-order valence-electron chi connectivity index (χ0n) is 11.4. The predicted octanol–water partition coefficient (Wildman–Crippen LogP) is 1.58. The normalized spacial score (nSPS) is 24.6. The monoisotopic (exact) mass is 294 g/mol. The van der Waals surface area contributed by atoms with Crippen molar-refractivity contribution in [2.45, 2.75) is 50.8 Å². The maximum absolute atomic E-state index is 11.9. The number of rotatable bonds is 9. The fourth-order valence-electron chi connectivity index (χ4n) is 2.31. The lowest BCUT2D eigenvalue weighted by atomic mass is 10.3. The minimum absolute atomic E-state index is 0.165. The van der Waals surface area contributed by atoms with Gasteiger partial charge in [0.15, 0.2) is 0 Å². The molecule has 0 spiro atoms. The van der Waals surface area contributed by atoms with Crippen LogP contribution < -0.4 is 10.0 Å². The molecule has 0 bridgehead atoms. The minimum atomic E-state index is -3.08. The van der Waals surface area contributed by atoms with Crippen molar-refractivity contribution in [2.75, 3.05) is 24.6 Å². The fraction of sp³-hybridized carbons (Fsp3) is 1.00. The summed E-state index contributed by atoms with van der Waals surface area (Å²) >= 11 is 1.95. The molecule has 0 aliphatic heterocycles. The molecule has 6 heteroatoms. The van der Waals surface area contributed by atoms with E-state index in [2.05, 4.69) is 17.0 Å². The molecule has 1 rings (SSSR count). The first kappa shape index (κ1) is 16.3. The zero-order valence-corrected chi connectivity index (χ0v) is 13.1. The summed E-state index contributed by atoms with van der Waals surface area (Å²) < 4.78 is 26.6. The van der Waals surface area contributed by atoms with Crippen LogP contribution in [0.4, 0.5) is 0 Å². The molecule has 0 amide bonds. The Labute approximate surface area is 116 Å². The first-order chi connectivity index (χ1) is 8.57. The van der Waals surface area contributed by atoms with Gasteiger partial charge >= 0.3 is 0 Å². The highest BCUT2D eigenvalue weighted by atomic mass is 32.2. The molecule has 0 radical (unpaired) electrons. The van der Waals surface area contributed by atoms with Crippen molar-refractivity contribution < 1.29 is 8.42 Å². The van der Waals surface area contributed by atoms with Gasteiger partial charge in [0.25, 0.3) is 0 Å². The van der Waals surface area contributed by atoms with Gasteiger partial charge < -0.3 is 5.32 Å². The van der Waals surface area contributed by atoms with Gasteiger partial charge in [0.1, 0.15) is 0 Å². The van der Waals surface area contributed by atoms with Crippen molar-refractivity contribution in [3.63, 3.8) is 0 Å². The van der Waals surface area contributed by atoms with E-state index in [4.69, 9.17) is 0 Å². The smallest absolute Gasteiger partial charge is 0.211 e. The van der Waals surface area contributed by atoms with Crippen LogP contribution >= 0.6 is 11.8 Å². The Morgan fingerprint density at radius 2 is 2.06 bits per heavy atom. The number of nitrogens with one attached hydrogen (secondary N) is 2. The quantitative estimate of drug-likeness (QED) is 0.634. The summed E-state index contributed by atoms with van der Waals surface area (Å²) in [6, 6.07) is 0.165. The molecule has 1 aliphatic carbocycles. The van der Waals surface area contributed by atoms with Crippen LogP contribution in [0.2, 0.25) is 0 Å². The fourth-order valence-corrected chi connectivity index (χ4v) is 4.82. The molecule has 2 atom stereocenters. The first-order valence-corrected chi connectivity index (χ1v) is 9.59. The molecule has 1 fully saturated rings. The molecule has 0 saturated heterocycles. The predicted molar refractivity (Wildman–Crippen MR) is 79.6 cm³/mol. The maximum atomic E-state index is 11.9. The molecule has 108 valence electrons. The van der Waals surface area contributed by atoms with E-state index in [1.54, 1.807) is 0 Å². The summed E-state index contributed by atoms with van der Waals surface area (Å²) in [7, 11) is -3.08. The third-order valence-electron chi connectivity index (χ3n) is 3.15. The SMILES string of the molecule is CCNCCCS(=O)(=O)NC1CCC(SCC)C1. The first-order valence-electron chi connectivity index (χ1n) is 6.89. The van der Waals surface area contributed by atoms with Crippen LogP contribution in [0.3, 0.4) is 0 Å². The van der Waals surface area contributed by atoms with Crippen molar-refractivity contribution >= 4 is 21.8 Å². The Balaban J connectivity index is 2.24. The number of thioether (sulfide) groups is 1. The third-order valence-corrected chi connectivity index (χ3v) is 5.90. The zero-order chi connectivity index (χ0) is 13.4. The average molecular weight is 294 g/mol. The van der Waals surface area contributed by atoms with Crippen LogP contribution in [0.15, 0.2) is 0 Å². The number of sulfonamides is 1. The van der Waals surface area contributed by atoms with E-state index >= 15 is 0 Å². The molecule has 1 aliphatic rings. The van der Waals surface area contributed by atoms with Gasteiger partial charge in [-0.15, -0.1) is 0 Å². The van der Waals surface area contributed by atoms with E-state index in [1.807, 2.05) is 18.7 Å². The van der Waals surface area contributed by atoms with Crippen LogP contribution in [0.25, 0.3) is 0 Å². The van der Waals surface area contributed by atoms with Crippen molar-refractivity contribution in [1.82, 2.24) is 10.0 Å². The molecule has 0 aromatic heterocycles. The molecule has 1 saturated carbocycles. The summed E-state index contributed by atoms with van der Waals surface area (Å²) in [5, 5.41) is 3.79. The summed E-state index contributed by atoms with van der Waals surface area (Å²) in [6.07, 6.45) is 3.81. The van der Waals surface area contributed by atoms with E-state index in [1.165, 1.54) is 0 Å². The minimum Gasteiger partial charge on any atom is -0.317 e. The van der Waals surface area contributed by atoms with Crippen LogP contribution in [0.1, 0.15) is 39.5 Å². The van der Waals surface area contributed by atoms with E-state index in [-0.39, 0.29) is 11.8 Å². The maximum Gasteiger partial charge on any atom is 0.211 e. The molecule has 0 aromatic carbocycles. The van der Waals surface area contributed by atoms with Gasteiger partial charge in [-0.1, -0.05) is 13.8 Å². The van der Waals surface area contributed by atoms with Crippen LogP contribution in [0, 0.1) is 0 Å². The van der Waals surface area contributed by atoms with Gasteiger partial charge in [0, 0.05) is 11.3 Å². The number of hydrogen-bond acceptors (Lipinski definition) is 4. The Morgan fingerprint density at radius 3 is 2.72 bits per heavy atom. The molecule has 0 aromatic rings. The van der Waals surface area contributed by atoms with Gasteiger partial charge in [0.2, 0.25) is 10.0 Å². The molecular formula is C12H26N2O2S2. The second-order valence-electron chi connectivity index (χ2n) is 4.73. The Morgan fingerprint density at radius 1 is 1.28 bits per heavy atom. The van der Waals surface area contributed by atoms with E-state index < -0.39 is 10.0 Å². The topological polar surface area (TPSA) is 58.2 Å². The standard InChI is InChI=1S/C12H26N2O2S2/c1-3-13-8-5-9-18(15,16)14-11-6-7-12(10-11)17-4-2/h11-14H,3-10H2,1-2H3. The van der Waals surface area contributed by atoms with Gasteiger partial charge in [-0.3, -0.25) is 0 Å². The largest absolute Gasteiger partial charge is 0.317 e. The molecule has 18 heavy (non-hydrogen) atoms. The Hall–Kier alpha value is 0.220. The van der Waals surface area contributed by atoms with E-state index in [9.17, 15) is 8.42 Å². The second kappa shape index (κ2) is 8.40. The molecule has 2 N–H and O–H groups in total. The van der Waals surface area contributed by atoms with Gasteiger partial charge in [0.05, 0.1) is 5.75 Å². The lowest BCUT2D eigenvalue weighted by Gasteiger charge is -2.13. The van der Waals surface area contributed by atoms with E-state index in [0.29, 0.717) is 11.7 Å². The van der Waals surface area contributed by atoms with Crippen LogP contribution in [0.5, 0.6) is 0 Å². The van der Waals surface area contributed by atoms with Crippen molar-refractivity contribution in [3.05, 3.63) is 0 Å². The molecule has 0 heterocycles. The van der Waals surface area contributed by atoms with Crippen LogP contribution in [-0.2, 0) is 10.0 Å².